The molecule has 20 nitrogen and oxygen atoms in total. The molecule has 8 amide bonds. The van der Waals surface area contributed by atoms with Crippen molar-refractivity contribution in [2.75, 3.05) is 62.0 Å². The van der Waals surface area contributed by atoms with Gasteiger partial charge in [0.15, 0.2) is 0 Å². The quantitative estimate of drug-likeness (QED) is 0.0534. The Morgan fingerprint density at radius 3 is 0.950 bits per heavy atom. The van der Waals surface area contributed by atoms with Gasteiger partial charge in [0.25, 0.3) is 23.6 Å². The molecule has 6 N–H and O–H groups in total. The first-order valence-corrected chi connectivity index (χ1v) is 40.3. The number of aromatic amines is 2. The fourth-order valence-electron chi connectivity index (χ4n) is 15.9. The number of hydrogen-bond donors (Lipinski definition) is 6. The van der Waals surface area contributed by atoms with Crippen molar-refractivity contribution in [2.24, 2.45) is 0 Å². The minimum Gasteiger partial charge on any atom is -0.497 e. The van der Waals surface area contributed by atoms with E-state index in [1.807, 2.05) is 73.1 Å². The highest BCUT2D eigenvalue weighted by atomic mass is 35.5. The van der Waals surface area contributed by atoms with Crippen molar-refractivity contribution in [1.29, 1.82) is 0 Å². The maximum atomic E-state index is 13.1. The SMILES string of the molecule is CN1C(=O)C(Cc2ccc(-c3cccc4[nH]ccc34)cc2)NC(=O)c2cc(Cl)ccc21.CN1C(=O)C(Cc2ccc(CC3=CCC=C3)cc2)NC(=O)c2cc(Cl)ccc21.COc1ccc2c(c1)C(=O)NC(Cc1ccc(-c3cccc4[nH]ccc34)cc1)C(=O)N2C.COc1ccc2c(c1)C(=O)NC(Cc1ccc(CC3=CCC=C3)cc1)C(=O)N2C. The molecular weight excluding hydrogens is 1550 g/mol. The smallest absolute Gasteiger partial charge is 0.254 e. The summed E-state index contributed by atoms with van der Waals surface area (Å²) in [6.07, 6.45) is 22.5. The summed E-state index contributed by atoms with van der Waals surface area (Å²) >= 11 is 12.1. The summed E-state index contributed by atoms with van der Waals surface area (Å²) in [5.41, 5.74) is 19.8. The number of allylic oxidation sites excluding steroid dienone is 8. The van der Waals surface area contributed by atoms with Crippen molar-refractivity contribution in [2.45, 2.75) is 75.5 Å². The Kier molecular flexibility index (Phi) is 24.4. The number of nitrogens with zero attached hydrogens (tertiary/aromatic N) is 4. The Labute approximate surface area is 705 Å². The third kappa shape index (κ3) is 18.0. The summed E-state index contributed by atoms with van der Waals surface area (Å²) in [5, 5.41) is 14.8. The van der Waals surface area contributed by atoms with Crippen LogP contribution in [0.4, 0.5) is 22.7 Å². The molecule has 4 unspecified atom stereocenters. The highest BCUT2D eigenvalue weighted by Gasteiger charge is 2.37. The van der Waals surface area contributed by atoms with Gasteiger partial charge in [-0.15, -0.1) is 0 Å². The van der Waals surface area contributed by atoms with Crippen molar-refractivity contribution in [3.05, 3.63) is 344 Å². The molecule has 22 heteroatoms. The molecule has 0 radical (unpaired) electrons. The van der Waals surface area contributed by atoms with Gasteiger partial charge in [0.2, 0.25) is 23.6 Å². The number of carbonyl (C=O) groups excluding carboxylic acids is 8. The van der Waals surface area contributed by atoms with E-state index in [4.69, 9.17) is 32.7 Å². The van der Waals surface area contributed by atoms with E-state index in [0.29, 0.717) is 92.2 Å². The van der Waals surface area contributed by atoms with E-state index in [-0.39, 0.29) is 47.3 Å². The molecule has 10 aromatic carbocycles. The first-order chi connectivity index (χ1) is 58.1. The predicted octanol–water partition coefficient (Wildman–Crippen LogP) is 16.5. The van der Waals surface area contributed by atoms with Gasteiger partial charge >= 0.3 is 0 Å². The van der Waals surface area contributed by atoms with Gasteiger partial charge in [-0.05, 0) is 190 Å². The van der Waals surface area contributed by atoms with Crippen LogP contribution < -0.4 is 50.3 Å². The number of anilines is 4. The first-order valence-electron chi connectivity index (χ1n) is 39.6. The molecule has 604 valence electrons. The van der Waals surface area contributed by atoms with Crippen molar-refractivity contribution in [3.63, 3.8) is 0 Å². The van der Waals surface area contributed by atoms with Crippen LogP contribution in [0, 0.1) is 0 Å². The van der Waals surface area contributed by atoms with E-state index in [1.54, 1.807) is 120 Å². The molecule has 0 spiro atoms. The maximum absolute atomic E-state index is 13.1. The number of methoxy groups -OCH3 is 2. The number of benzene rings is 10. The van der Waals surface area contributed by atoms with E-state index in [1.165, 1.54) is 47.7 Å². The van der Waals surface area contributed by atoms with Crippen molar-refractivity contribution >= 4 is 115 Å². The van der Waals surface area contributed by atoms with Crippen LogP contribution in [0.2, 0.25) is 10.0 Å². The van der Waals surface area contributed by atoms with Crippen LogP contribution in [0.25, 0.3) is 44.1 Å². The summed E-state index contributed by atoms with van der Waals surface area (Å²) in [6, 6.07) is 67.0. The van der Waals surface area contributed by atoms with Gasteiger partial charge in [-0.2, -0.15) is 0 Å². The number of fused-ring (bicyclic) bond motifs is 6. The number of hydrogen-bond acceptors (Lipinski definition) is 10. The first kappa shape index (κ1) is 81.3. The molecule has 0 fully saturated rings. The molecule has 6 aliphatic rings. The zero-order chi connectivity index (χ0) is 83.8. The predicted molar refractivity (Wildman–Crippen MR) is 474 cm³/mol. The molecule has 18 rings (SSSR count). The Hall–Kier alpha value is -13.8. The van der Waals surface area contributed by atoms with Crippen LogP contribution in [-0.4, -0.2) is 124 Å². The third-order valence-corrected chi connectivity index (χ3v) is 23.0. The second-order valence-electron chi connectivity index (χ2n) is 30.3. The highest BCUT2D eigenvalue weighted by molar-refractivity contribution is 6.32. The zero-order valence-electron chi connectivity index (χ0n) is 67.0. The fraction of sp³-hybridized carbons (Fsp3) is 0.184. The molecular formula is C98H88Cl2N10O10. The number of likely N-dealkylation sites (N-methyl/N-ethyl adjacent to an activating group) is 4. The number of H-pyrrole nitrogens is 2. The molecule has 4 atom stereocenters. The van der Waals surface area contributed by atoms with Crippen LogP contribution in [0.15, 0.2) is 278 Å². The summed E-state index contributed by atoms with van der Waals surface area (Å²) in [7, 11) is 9.87. The molecule has 4 aliphatic heterocycles. The Morgan fingerprint density at radius 1 is 0.342 bits per heavy atom. The average molecular weight is 1640 g/mol. The molecule has 2 aliphatic carbocycles. The zero-order valence-corrected chi connectivity index (χ0v) is 68.5. The van der Waals surface area contributed by atoms with Crippen LogP contribution >= 0.6 is 23.2 Å². The second-order valence-corrected chi connectivity index (χ2v) is 31.2. The van der Waals surface area contributed by atoms with Crippen LogP contribution in [0.3, 0.4) is 0 Å². The van der Waals surface area contributed by atoms with Crippen molar-refractivity contribution in [3.8, 4) is 33.8 Å². The summed E-state index contributed by atoms with van der Waals surface area (Å²) < 4.78 is 10.5. The Balaban J connectivity index is 0.000000125. The Morgan fingerprint density at radius 2 is 0.642 bits per heavy atom. The van der Waals surface area contributed by atoms with Gasteiger partial charge < -0.3 is 60.3 Å². The lowest BCUT2D eigenvalue weighted by molar-refractivity contribution is -0.120. The van der Waals surface area contributed by atoms with Crippen molar-refractivity contribution in [1.82, 2.24) is 31.2 Å². The monoisotopic (exact) mass is 1630 g/mol. The third-order valence-electron chi connectivity index (χ3n) is 22.5. The van der Waals surface area contributed by atoms with Gasteiger partial charge in [0.05, 0.1) is 59.2 Å². The number of amides is 8. The molecule has 2 aromatic heterocycles. The maximum Gasteiger partial charge on any atom is 0.254 e. The molecule has 6 heterocycles. The number of aromatic nitrogens is 2. The molecule has 120 heavy (non-hydrogen) atoms. The lowest BCUT2D eigenvalue weighted by atomic mass is 9.98. The molecule has 0 saturated heterocycles. The summed E-state index contributed by atoms with van der Waals surface area (Å²) in [4.78, 5) is 116. The summed E-state index contributed by atoms with van der Waals surface area (Å²) in [5.74, 6) is -0.540. The van der Waals surface area contributed by atoms with E-state index in [0.717, 1.165) is 81.2 Å². The van der Waals surface area contributed by atoms with Crippen LogP contribution in [0.5, 0.6) is 11.5 Å². The van der Waals surface area contributed by atoms with Crippen molar-refractivity contribution < 1.29 is 47.8 Å². The standard InChI is InChI=1S/C26H23N3O3.C25H20ClN3O2.C24H24N2O3.C23H21ClN2O2/c1-29-24-11-10-18(32-2)15-21(24)25(30)28-23(26(29)31)14-16-6-8-17(9-7-16)19-4-3-5-22-20(19)12-13-27-22;1-29-23-10-9-17(26)14-20(23)24(30)28-22(25(29)31)13-15-5-7-16(8-6-15)18-3-2-4-21-19(18)11-12-27-21;1-26-22-12-11-19(29-2)15-20(22)23(27)25-21(24(26)28)14-18-9-7-17(8-10-18)13-16-5-3-4-6-16;1-26-21-11-10-18(24)14-19(21)22(27)25-20(23(26)28)13-17-8-6-16(7-9-17)12-15-4-2-3-5-15/h3-13,15,23,27H,14H2,1-2H3,(H,28,30);2-12,14,22,27H,13H2,1H3,(H,28,30);3,5-12,15,21H,4,13-14H2,1-2H3,(H,25,27);2,4-11,14,20H,3,12-13H2,1H3,(H,25,27). The topological polar surface area (TPSA) is 248 Å². The number of ether oxygens (including phenoxy) is 2. The Bertz CT molecular complexity index is 6110. The number of nitrogens with one attached hydrogen (secondary N) is 6. The van der Waals surface area contributed by atoms with Gasteiger partial charge in [0, 0.05) is 98.1 Å². The lowest BCUT2D eigenvalue weighted by Gasteiger charge is -2.21. The van der Waals surface area contributed by atoms with E-state index < -0.39 is 24.2 Å². The molecule has 0 saturated carbocycles. The largest absolute Gasteiger partial charge is 0.497 e. The number of rotatable bonds is 16. The summed E-state index contributed by atoms with van der Waals surface area (Å²) in [6.45, 7) is 0. The van der Waals surface area contributed by atoms with Crippen LogP contribution in [-0.2, 0) is 57.7 Å². The minimum absolute atomic E-state index is 0.132. The normalized spacial score (nSPS) is 17.2. The second kappa shape index (κ2) is 36.0. The number of halogens is 2. The van der Waals surface area contributed by atoms with Gasteiger partial charge in [-0.1, -0.05) is 181 Å². The highest BCUT2D eigenvalue weighted by Crippen LogP contribution is 2.36. The molecule has 0 bridgehead atoms. The minimum atomic E-state index is -0.650. The molecule has 12 aromatic rings. The van der Waals surface area contributed by atoms with Gasteiger partial charge in [0.1, 0.15) is 35.7 Å². The lowest BCUT2D eigenvalue weighted by Crippen LogP contribution is -2.45. The van der Waals surface area contributed by atoms with Gasteiger partial charge in [-0.3, -0.25) is 38.4 Å². The van der Waals surface area contributed by atoms with Gasteiger partial charge in [-0.25, -0.2) is 0 Å². The van der Waals surface area contributed by atoms with E-state index in [2.05, 4.69) is 153 Å². The number of carbonyl (C=O) groups is 8. The average Bonchev–Trinajstić information content (AvgIpc) is 1.66. The van der Waals surface area contributed by atoms with E-state index >= 15 is 0 Å². The van der Waals surface area contributed by atoms with E-state index in [9.17, 15) is 38.4 Å². The fourth-order valence-corrected chi connectivity index (χ4v) is 16.3. The van der Waals surface area contributed by atoms with Crippen LogP contribution in [0.1, 0.15) is 87.7 Å².